The summed E-state index contributed by atoms with van der Waals surface area (Å²) in [5, 5.41) is 2.19. The monoisotopic (exact) mass is 475 g/mol. The molecule has 0 aliphatic heterocycles. The molecule has 145 valence electrons. The minimum absolute atomic E-state index is 0.355. The molecule has 1 aromatic heterocycles. The zero-order valence-electron chi connectivity index (χ0n) is 17.2. The maximum Gasteiger partial charge on any atom is 0.0552 e. The second-order valence-corrected chi connectivity index (χ2v) is 13.0. The second-order valence-electron chi connectivity index (χ2n) is 8.42. The molecule has 1 radical (unpaired) electrons. The van der Waals surface area contributed by atoms with Crippen LogP contribution in [0.3, 0.4) is 0 Å². The van der Waals surface area contributed by atoms with E-state index in [2.05, 4.69) is 103 Å². The van der Waals surface area contributed by atoms with Gasteiger partial charge in [0.15, 0.2) is 0 Å². The van der Waals surface area contributed by atoms with Crippen molar-refractivity contribution in [2.75, 3.05) is 0 Å². The van der Waals surface area contributed by atoms with Crippen LogP contribution in [0, 0.1) is 0 Å². The highest BCUT2D eigenvalue weighted by atomic mass is 79.9. The van der Waals surface area contributed by atoms with Gasteiger partial charge in [0, 0.05) is 15.3 Å². The Kier molecular flexibility index (Phi) is 4.81. The molecule has 2 aliphatic carbocycles. The van der Waals surface area contributed by atoms with Crippen molar-refractivity contribution >= 4 is 47.7 Å². The second kappa shape index (κ2) is 7.23. The van der Waals surface area contributed by atoms with Crippen LogP contribution in [0.15, 0.2) is 69.5 Å². The molecule has 29 heavy (non-hydrogen) atoms. The summed E-state index contributed by atoms with van der Waals surface area (Å²) in [6, 6.07) is 18.1. The van der Waals surface area contributed by atoms with Crippen LogP contribution in [0.25, 0.3) is 22.1 Å². The first kappa shape index (κ1) is 19.3. The number of thiophene rings is 1. The Morgan fingerprint density at radius 3 is 2.41 bits per heavy atom. The maximum absolute atomic E-state index is 3.78. The summed E-state index contributed by atoms with van der Waals surface area (Å²) in [4.78, 5) is 1.38. The van der Waals surface area contributed by atoms with Crippen LogP contribution in [0.2, 0.25) is 13.1 Å². The van der Waals surface area contributed by atoms with E-state index in [1.165, 1.54) is 37.2 Å². The van der Waals surface area contributed by atoms with Gasteiger partial charge in [-0.2, -0.15) is 0 Å². The minimum Gasteiger partial charge on any atom is -0.144 e. The van der Waals surface area contributed by atoms with Gasteiger partial charge in [-0.1, -0.05) is 82.6 Å². The molecule has 2 aliphatic rings. The normalized spacial score (nSPS) is 20.3. The Balaban J connectivity index is 1.80. The molecule has 0 saturated carbocycles. The van der Waals surface area contributed by atoms with Gasteiger partial charge in [0.05, 0.1) is 8.80 Å². The van der Waals surface area contributed by atoms with E-state index in [4.69, 9.17) is 0 Å². The first-order chi connectivity index (χ1) is 14.0. The van der Waals surface area contributed by atoms with Crippen LogP contribution >= 0.6 is 27.3 Å². The van der Waals surface area contributed by atoms with E-state index in [1.54, 1.807) is 16.7 Å². The molecule has 0 fully saturated rings. The van der Waals surface area contributed by atoms with Gasteiger partial charge in [0.25, 0.3) is 0 Å². The van der Waals surface area contributed by atoms with Crippen molar-refractivity contribution in [1.29, 1.82) is 0 Å². The number of allylic oxidation sites excluding steroid dienone is 3. The zero-order valence-corrected chi connectivity index (χ0v) is 20.6. The fraction of sp³-hybridized carbons (Fsp3) is 0.231. The van der Waals surface area contributed by atoms with Gasteiger partial charge >= 0.3 is 0 Å². The topological polar surface area (TPSA) is 0 Å². The molecule has 0 N–H and O–H groups in total. The number of fused-ring (bicyclic) bond motifs is 2. The zero-order chi connectivity index (χ0) is 20.3. The highest BCUT2D eigenvalue weighted by molar-refractivity contribution is 9.10. The molecule has 2 aromatic carbocycles. The lowest BCUT2D eigenvalue weighted by Crippen LogP contribution is -2.15. The molecular weight excluding hydrogens is 452 g/mol. The number of rotatable bonds is 3. The standard InChI is InChI=1S/C26H24BrSSi/c1-15-14-20-17(8-6-11-21(20)27)23(15)24-16(2)26(29(3)4)19-10-5-9-18(25(19)24)22-12-7-13-28-22/h5-14,23,26H,1-4H3. The third-order valence-electron chi connectivity index (χ3n) is 6.41. The summed E-state index contributed by atoms with van der Waals surface area (Å²) in [6.45, 7) is 9.64. The van der Waals surface area contributed by atoms with Crippen molar-refractivity contribution in [1.82, 2.24) is 0 Å². The molecule has 0 saturated heterocycles. The molecule has 2 atom stereocenters. The fourth-order valence-electron chi connectivity index (χ4n) is 5.35. The fourth-order valence-corrected chi connectivity index (χ4v) is 8.49. The van der Waals surface area contributed by atoms with E-state index >= 15 is 0 Å². The molecule has 0 spiro atoms. The van der Waals surface area contributed by atoms with Crippen LogP contribution < -0.4 is 0 Å². The molecule has 3 aromatic rings. The predicted molar refractivity (Wildman–Crippen MR) is 133 cm³/mol. The van der Waals surface area contributed by atoms with Crippen LogP contribution in [0.4, 0.5) is 0 Å². The van der Waals surface area contributed by atoms with Gasteiger partial charge in [0.1, 0.15) is 0 Å². The minimum atomic E-state index is -0.504. The predicted octanol–water partition coefficient (Wildman–Crippen LogP) is 8.54. The molecular formula is C26H24BrSSi. The van der Waals surface area contributed by atoms with Crippen LogP contribution in [0.5, 0.6) is 0 Å². The van der Waals surface area contributed by atoms with E-state index < -0.39 is 8.80 Å². The first-order valence-corrected chi connectivity index (χ1v) is 14.4. The van der Waals surface area contributed by atoms with Crippen molar-refractivity contribution in [2.45, 2.75) is 38.4 Å². The van der Waals surface area contributed by atoms with Gasteiger partial charge in [-0.05, 0) is 70.3 Å². The molecule has 2 unspecified atom stereocenters. The third kappa shape index (κ3) is 2.89. The Bertz CT molecular complexity index is 1170. The van der Waals surface area contributed by atoms with E-state index in [1.807, 2.05) is 11.3 Å². The largest absolute Gasteiger partial charge is 0.144 e. The Hall–Kier alpha value is -1.68. The average Bonchev–Trinajstić information content (AvgIpc) is 3.38. The summed E-state index contributed by atoms with van der Waals surface area (Å²) >= 11 is 5.63. The summed E-state index contributed by atoms with van der Waals surface area (Å²) in [5.74, 6) is 0.355. The van der Waals surface area contributed by atoms with Gasteiger partial charge in [-0.15, -0.1) is 11.3 Å². The quantitative estimate of drug-likeness (QED) is 0.332. The average molecular weight is 477 g/mol. The Morgan fingerprint density at radius 1 is 0.931 bits per heavy atom. The molecule has 5 rings (SSSR count). The van der Waals surface area contributed by atoms with Gasteiger partial charge < -0.3 is 0 Å². The number of hydrogen-bond acceptors (Lipinski definition) is 1. The Morgan fingerprint density at radius 2 is 1.69 bits per heavy atom. The van der Waals surface area contributed by atoms with Crippen LogP contribution in [-0.4, -0.2) is 8.80 Å². The lowest BCUT2D eigenvalue weighted by Gasteiger charge is -2.21. The van der Waals surface area contributed by atoms with Gasteiger partial charge in [-0.3, -0.25) is 0 Å². The summed E-state index contributed by atoms with van der Waals surface area (Å²) in [5.41, 5.74) is 12.5. The lowest BCUT2D eigenvalue weighted by atomic mass is 9.82. The van der Waals surface area contributed by atoms with Crippen molar-refractivity contribution in [3.63, 3.8) is 0 Å². The molecule has 0 nitrogen and oxygen atoms in total. The number of hydrogen-bond donors (Lipinski definition) is 0. The van der Waals surface area contributed by atoms with Crippen LogP contribution in [-0.2, 0) is 0 Å². The molecule has 1 heterocycles. The van der Waals surface area contributed by atoms with Crippen molar-refractivity contribution in [2.24, 2.45) is 0 Å². The summed E-state index contributed by atoms with van der Waals surface area (Å²) in [7, 11) is -0.504. The maximum atomic E-state index is 3.78. The highest BCUT2D eigenvalue weighted by Crippen LogP contribution is 2.56. The van der Waals surface area contributed by atoms with E-state index in [0.29, 0.717) is 11.5 Å². The Labute approximate surface area is 187 Å². The summed E-state index contributed by atoms with van der Waals surface area (Å²) < 4.78 is 1.20. The van der Waals surface area contributed by atoms with Crippen LogP contribution in [0.1, 0.15) is 47.6 Å². The smallest absolute Gasteiger partial charge is 0.0552 e. The van der Waals surface area contributed by atoms with E-state index in [9.17, 15) is 0 Å². The van der Waals surface area contributed by atoms with Crippen molar-refractivity contribution in [3.05, 3.63) is 91.8 Å². The van der Waals surface area contributed by atoms with E-state index in [-0.39, 0.29) is 0 Å². The SMILES string of the molecule is CC1=Cc2c(Br)cccc2C1C1=C(C)C([Si](C)C)c2cccc(-c3cccs3)c21. The van der Waals surface area contributed by atoms with Gasteiger partial charge in [0.2, 0.25) is 0 Å². The highest BCUT2D eigenvalue weighted by Gasteiger charge is 2.39. The van der Waals surface area contributed by atoms with Crippen molar-refractivity contribution in [3.8, 4) is 10.4 Å². The van der Waals surface area contributed by atoms with Gasteiger partial charge in [-0.25, -0.2) is 0 Å². The lowest BCUT2D eigenvalue weighted by molar-refractivity contribution is 1.03. The molecule has 3 heteroatoms. The van der Waals surface area contributed by atoms with Crippen molar-refractivity contribution < 1.29 is 0 Å². The number of halogens is 1. The summed E-state index contributed by atoms with van der Waals surface area (Å²) in [6.07, 6.45) is 2.38. The molecule has 0 bridgehead atoms. The molecule has 0 amide bonds. The number of benzene rings is 2. The van der Waals surface area contributed by atoms with E-state index in [0.717, 1.165) is 0 Å². The first-order valence-electron chi connectivity index (χ1n) is 10.1. The third-order valence-corrected chi connectivity index (χ3v) is 9.91.